The molecule has 0 N–H and O–H groups in total. The molecule has 1 amide bonds. The van der Waals surface area contributed by atoms with E-state index in [1.807, 2.05) is 33.8 Å². The number of piperazine rings is 1. The highest BCUT2D eigenvalue weighted by molar-refractivity contribution is 5.69. The van der Waals surface area contributed by atoms with Gasteiger partial charge in [-0.15, -0.1) is 0 Å². The van der Waals surface area contributed by atoms with Gasteiger partial charge in [0.2, 0.25) is 0 Å². The summed E-state index contributed by atoms with van der Waals surface area (Å²) in [5.74, 6) is -0.375. The van der Waals surface area contributed by atoms with E-state index in [9.17, 15) is 14.0 Å². The first-order valence-electron chi connectivity index (χ1n) is 11.4. The number of imidazole rings is 1. The number of carbonyl (C=O) groups excluding carboxylic acids is 1. The highest BCUT2D eigenvalue weighted by atomic mass is 19.1. The smallest absolute Gasteiger partial charge is 0.410 e. The molecule has 5 rings (SSSR count). The number of pyridine rings is 2. The molecule has 0 atom stereocenters. The van der Waals surface area contributed by atoms with Gasteiger partial charge in [-0.2, -0.15) is 4.98 Å². The normalized spacial score (nSPS) is 14.7. The van der Waals surface area contributed by atoms with E-state index in [1.165, 1.54) is 21.1 Å². The minimum absolute atomic E-state index is 0.145. The molecule has 0 aliphatic carbocycles. The lowest BCUT2D eigenvalue weighted by Crippen LogP contribution is -2.50. The molecule has 5 heterocycles. The number of nitrogens with zero attached hydrogens (tertiary/aromatic N) is 7. The number of rotatable bonds is 2. The van der Waals surface area contributed by atoms with Crippen molar-refractivity contribution in [2.24, 2.45) is 0 Å². The third-order valence-corrected chi connectivity index (χ3v) is 5.82. The minimum Gasteiger partial charge on any atom is -0.444 e. The number of anilines is 1. The van der Waals surface area contributed by atoms with Crippen LogP contribution in [-0.4, -0.2) is 66.5 Å². The van der Waals surface area contributed by atoms with Crippen LogP contribution in [0.25, 0.3) is 22.7 Å². The predicted molar refractivity (Wildman–Crippen MR) is 128 cm³/mol. The zero-order valence-electron chi connectivity index (χ0n) is 20.0. The molecule has 0 unspecified atom stereocenters. The summed E-state index contributed by atoms with van der Waals surface area (Å²) < 4.78 is 22.8. The van der Waals surface area contributed by atoms with E-state index >= 15 is 0 Å². The Morgan fingerprint density at radius 2 is 1.80 bits per heavy atom. The maximum absolute atomic E-state index is 14.4. The Labute approximate surface area is 200 Å². The van der Waals surface area contributed by atoms with Gasteiger partial charge in [-0.25, -0.2) is 28.3 Å². The van der Waals surface area contributed by atoms with E-state index in [4.69, 9.17) is 4.74 Å². The summed E-state index contributed by atoms with van der Waals surface area (Å²) in [5.41, 5.74) is 1.59. The highest BCUT2D eigenvalue weighted by Crippen LogP contribution is 2.23. The van der Waals surface area contributed by atoms with Gasteiger partial charge in [0.15, 0.2) is 17.3 Å². The van der Waals surface area contributed by atoms with Crippen molar-refractivity contribution < 1.29 is 13.9 Å². The van der Waals surface area contributed by atoms with Crippen molar-refractivity contribution in [1.82, 2.24) is 28.7 Å². The molecule has 0 radical (unpaired) electrons. The molecule has 0 spiro atoms. The van der Waals surface area contributed by atoms with Crippen LogP contribution in [0.1, 0.15) is 26.3 Å². The first-order chi connectivity index (χ1) is 16.6. The number of ether oxygens (including phenoxy) is 1. The Hall–Kier alpha value is -4.02. The van der Waals surface area contributed by atoms with Gasteiger partial charge in [0.25, 0.3) is 0 Å². The fraction of sp³-hybridized carbons (Fsp3) is 0.375. The Bertz CT molecular complexity index is 1500. The molecule has 0 aromatic carbocycles. The number of hydrogen-bond donors (Lipinski definition) is 0. The summed E-state index contributed by atoms with van der Waals surface area (Å²) in [7, 11) is 0. The van der Waals surface area contributed by atoms with E-state index in [2.05, 4.69) is 19.9 Å². The topological polar surface area (TPSA) is 97.3 Å². The molecule has 1 fully saturated rings. The molecule has 1 aliphatic rings. The lowest BCUT2D eigenvalue weighted by molar-refractivity contribution is 0.0240. The molecule has 10 nitrogen and oxygen atoms in total. The molecule has 182 valence electrons. The number of amides is 1. The number of hydrogen-bond acceptors (Lipinski definition) is 7. The van der Waals surface area contributed by atoms with E-state index in [0.717, 1.165) is 11.3 Å². The van der Waals surface area contributed by atoms with E-state index in [-0.39, 0.29) is 17.6 Å². The van der Waals surface area contributed by atoms with Gasteiger partial charge in [-0.3, -0.25) is 0 Å². The zero-order chi connectivity index (χ0) is 24.9. The maximum atomic E-state index is 14.4. The van der Waals surface area contributed by atoms with Crippen molar-refractivity contribution in [3.8, 4) is 11.4 Å². The molecule has 0 saturated carbocycles. The molecule has 1 saturated heterocycles. The van der Waals surface area contributed by atoms with Crippen LogP contribution in [0.4, 0.5) is 14.9 Å². The number of halogens is 1. The predicted octanol–water partition coefficient (Wildman–Crippen LogP) is 2.91. The average Bonchev–Trinajstić information content (AvgIpc) is 3.28. The van der Waals surface area contributed by atoms with Gasteiger partial charge < -0.3 is 18.9 Å². The third-order valence-electron chi connectivity index (χ3n) is 5.82. The van der Waals surface area contributed by atoms with Crippen LogP contribution < -0.4 is 10.6 Å². The first kappa shape index (κ1) is 22.8. The molecule has 11 heteroatoms. The van der Waals surface area contributed by atoms with Crippen molar-refractivity contribution in [2.45, 2.75) is 33.3 Å². The lowest BCUT2D eigenvalue weighted by Gasteiger charge is -2.36. The Morgan fingerprint density at radius 1 is 1.06 bits per heavy atom. The largest absolute Gasteiger partial charge is 0.444 e. The van der Waals surface area contributed by atoms with Crippen molar-refractivity contribution in [1.29, 1.82) is 0 Å². The fourth-order valence-electron chi connectivity index (χ4n) is 4.15. The molecular weight excluding hydrogens is 453 g/mol. The Kier molecular flexibility index (Phi) is 5.42. The fourth-order valence-corrected chi connectivity index (χ4v) is 4.15. The van der Waals surface area contributed by atoms with Crippen molar-refractivity contribution in [2.75, 3.05) is 31.1 Å². The average molecular weight is 480 g/mol. The van der Waals surface area contributed by atoms with Crippen LogP contribution in [-0.2, 0) is 4.74 Å². The molecule has 4 aromatic rings. The summed E-state index contributed by atoms with van der Waals surface area (Å²) in [6.07, 6.45) is 6.14. The summed E-state index contributed by atoms with van der Waals surface area (Å²) in [6, 6.07) is 3.23. The SMILES string of the molecule is Cc1cc(N2CCN(C(=O)OC(C)(C)C)CC2)cn2c(=O)nc(-c3cc(F)c4nccn4c3)nc12. The van der Waals surface area contributed by atoms with Gasteiger partial charge in [-0.05, 0) is 45.4 Å². The summed E-state index contributed by atoms with van der Waals surface area (Å²) in [4.78, 5) is 41.7. The second-order valence-electron chi connectivity index (χ2n) is 9.59. The van der Waals surface area contributed by atoms with Crippen LogP contribution in [0.3, 0.4) is 0 Å². The molecule has 0 bridgehead atoms. The number of carbonyl (C=O) groups is 1. The van der Waals surface area contributed by atoms with Crippen molar-refractivity contribution in [3.05, 3.63) is 58.8 Å². The van der Waals surface area contributed by atoms with Crippen LogP contribution in [0.2, 0.25) is 0 Å². The second kappa shape index (κ2) is 8.33. The zero-order valence-corrected chi connectivity index (χ0v) is 20.0. The molecule has 4 aromatic heterocycles. The van der Waals surface area contributed by atoms with Crippen LogP contribution in [0, 0.1) is 12.7 Å². The van der Waals surface area contributed by atoms with Crippen molar-refractivity contribution in [3.63, 3.8) is 0 Å². The van der Waals surface area contributed by atoms with Crippen molar-refractivity contribution >= 4 is 23.1 Å². The summed E-state index contributed by atoms with van der Waals surface area (Å²) in [5, 5.41) is 0. The standard InChI is InChI=1S/C24H26FN7O3/c1-15-11-17(29-7-9-30(10-8-29)23(34)35-24(2,3)4)14-32-20(15)27-19(28-22(32)33)16-12-18(25)21-26-5-6-31(21)13-16/h5-6,11-14H,7-10H2,1-4H3. The van der Waals surface area contributed by atoms with E-state index in [0.29, 0.717) is 37.4 Å². The van der Waals surface area contributed by atoms with Gasteiger partial charge in [0.05, 0.1) is 5.69 Å². The third kappa shape index (κ3) is 4.41. The summed E-state index contributed by atoms with van der Waals surface area (Å²) in [6.45, 7) is 9.62. The molecule has 1 aliphatic heterocycles. The number of fused-ring (bicyclic) bond motifs is 2. The van der Waals surface area contributed by atoms with Gasteiger partial charge in [-0.1, -0.05) is 0 Å². The van der Waals surface area contributed by atoms with E-state index < -0.39 is 17.1 Å². The maximum Gasteiger partial charge on any atom is 0.410 e. The van der Waals surface area contributed by atoms with Crippen LogP contribution >= 0.6 is 0 Å². The second-order valence-corrected chi connectivity index (χ2v) is 9.59. The van der Waals surface area contributed by atoms with Gasteiger partial charge in [0, 0.05) is 56.5 Å². The van der Waals surface area contributed by atoms with E-state index in [1.54, 1.807) is 23.5 Å². The summed E-state index contributed by atoms with van der Waals surface area (Å²) >= 11 is 0. The number of aromatic nitrogens is 5. The first-order valence-corrected chi connectivity index (χ1v) is 11.4. The highest BCUT2D eigenvalue weighted by Gasteiger charge is 2.26. The molecular formula is C24H26FN7O3. The van der Waals surface area contributed by atoms with Gasteiger partial charge in [0.1, 0.15) is 11.2 Å². The number of aryl methyl sites for hydroxylation is 1. The molecule has 35 heavy (non-hydrogen) atoms. The quantitative estimate of drug-likeness (QED) is 0.436. The van der Waals surface area contributed by atoms with Gasteiger partial charge >= 0.3 is 11.8 Å². The Balaban J connectivity index is 1.42. The Morgan fingerprint density at radius 3 is 2.51 bits per heavy atom. The minimum atomic E-state index is -0.542. The lowest BCUT2D eigenvalue weighted by atomic mass is 10.2. The monoisotopic (exact) mass is 479 g/mol. The van der Waals surface area contributed by atoms with Crippen LogP contribution in [0.15, 0.2) is 41.7 Å². The van der Waals surface area contributed by atoms with Crippen LogP contribution in [0.5, 0.6) is 0 Å².